The summed E-state index contributed by atoms with van der Waals surface area (Å²) >= 11 is 0. The highest BCUT2D eigenvalue weighted by Crippen LogP contribution is 2.39. The van der Waals surface area contributed by atoms with Gasteiger partial charge < -0.3 is 9.47 Å². The fourth-order valence-electron chi connectivity index (χ4n) is 7.24. The Kier molecular flexibility index (Phi) is 10.5. The molecule has 0 fully saturated rings. The molecule has 1 aliphatic rings. The second-order valence-electron chi connectivity index (χ2n) is 18.9. The van der Waals surface area contributed by atoms with E-state index >= 15 is 0 Å². The second-order valence-corrected chi connectivity index (χ2v) is 18.9. The minimum Gasteiger partial charge on any atom is -0.493 e. The van der Waals surface area contributed by atoms with Crippen molar-refractivity contribution in [2.75, 3.05) is 13.2 Å². The van der Waals surface area contributed by atoms with Crippen molar-refractivity contribution in [1.82, 2.24) is 0 Å². The van der Waals surface area contributed by atoms with E-state index < -0.39 is 0 Å². The van der Waals surface area contributed by atoms with Crippen molar-refractivity contribution in [2.24, 2.45) is 0 Å². The van der Waals surface area contributed by atoms with E-state index in [0.29, 0.717) is 13.2 Å². The van der Waals surface area contributed by atoms with Crippen LogP contribution in [0, 0.1) is 0 Å². The molecule has 4 aromatic rings. The maximum atomic E-state index is 6.63. The highest BCUT2D eigenvalue weighted by Gasteiger charge is 2.25. The van der Waals surface area contributed by atoms with E-state index in [1.165, 1.54) is 66.8 Å². The van der Waals surface area contributed by atoms with E-state index in [4.69, 9.17) is 9.47 Å². The summed E-state index contributed by atoms with van der Waals surface area (Å²) < 4.78 is 13.3. The Morgan fingerprint density at radius 2 is 0.580 bits per heavy atom. The summed E-state index contributed by atoms with van der Waals surface area (Å²) in [4.78, 5) is 0. The van der Waals surface area contributed by atoms with E-state index in [1.54, 1.807) is 0 Å². The zero-order valence-corrected chi connectivity index (χ0v) is 33.8. The van der Waals surface area contributed by atoms with Gasteiger partial charge in [-0.3, -0.25) is 0 Å². The molecule has 2 nitrogen and oxygen atoms in total. The number of ether oxygens (including phenoxy) is 2. The predicted molar refractivity (Wildman–Crippen MR) is 214 cm³/mol. The topological polar surface area (TPSA) is 18.5 Å². The molecule has 0 aromatic heterocycles. The third-order valence-corrected chi connectivity index (χ3v) is 10.2. The van der Waals surface area contributed by atoms with Gasteiger partial charge in [0.15, 0.2) is 0 Å². The van der Waals surface area contributed by atoms with Crippen molar-refractivity contribution in [3.8, 4) is 11.5 Å². The molecule has 0 radical (unpaired) electrons. The first-order chi connectivity index (χ1) is 23.1. The summed E-state index contributed by atoms with van der Waals surface area (Å²) in [5.41, 5.74) is 15.9. The standard InChI is InChI=1S/C48H64O2/c1-15-49-43-35-19-31-17-33(25-39(23-31)45(3,4)5)21-37-29-42(48(12,13)14)30-38(44(37)50-16-2)22-34-18-32(24-40(26-34)46(6,7)8)20-36(43)28-41(27-35)47(9,10)11/h17-18,23-30H,15-16,19-22H2,1-14H3. The van der Waals surface area contributed by atoms with Gasteiger partial charge in [-0.25, -0.2) is 0 Å². The molecule has 4 aromatic carbocycles. The van der Waals surface area contributed by atoms with Gasteiger partial charge in [0.1, 0.15) is 11.5 Å². The lowest BCUT2D eigenvalue weighted by atomic mass is 9.79. The van der Waals surface area contributed by atoms with Gasteiger partial charge in [0.05, 0.1) is 13.2 Å². The number of fused-ring (bicyclic) bond motifs is 8. The lowest BCUT2D eigenvalue weighted by molar-refractivity contribution is 0.333. The van der Waals surface area contributed by atoms with Gasteiger partial charge in [0, 0.05) is 25.7 Å². The van der Waals surface area contributed by atoms with E-state index in [1.807, 2.05) is 0 Å². The molecule has 0 amide bonds. The summed E-state index contributed by atoms with van der Waals surface area (Å²) in [6.45, 7) is 33.4. The normalized spacial score (nSPS) is 14.0. The summed E-state index contributed by atoms with van der Waals surface area (Å²) in [7, 11) is 0. The average molecular weight is 673 g/mol. The fraction of sp³-hybridized carbons (Fsp3) is 0.500. The molecule has 0 saturated heterocycles. The third kappa shape index (κ3) is 8.67. The SMILES string of the molecule is CCOc1c2cc(C(C)(C)C)cc1Cc1cc(cc(C(C)(C)C)c1)Cc1cc(C(C)(C)C)cc(c1OCC)Cc1cc(cc(C(C)(C)C)c1)C2. The van der Waals surface area contributed by atoms with Crippen LogP contribution in [0.1, 0.15) is 164 Å². The number of hydrogen-bond donors (Lipinski definition) is 0. The van der Waals surface area contributed by atoms with Gasteiger partial charge in [0.2, 0.25) is 0 Å². The average Bonchev–Trinajstić information content (AvgIpc) is 2.97. The molecule has 0 heterocycles. The van der Waals surface area contributed by atoms with E-state index in [2.05, 4.69) is 158 Å². The van der Waals surface area contributed by atoms with Crippen LogP contribution in [0.15, 0.2) is 60.7 Å². The molecule has 268 valence electrons. The molecule has 8 bridgehead atoms. The van der Waals surface area contributed by atoms with Crippen molar-refractivity contribution in [1.29, 1.82) is 0 Å². The first kappa shape index (κ1) is 37.7. The zero-order chi connectivity index (χ0) is 36.8. The Bertz CT molecular complexity index is 1620. The molecular weight excluding hydrogens is 609 g/mol. The van der Waals surface area contributed by atoms with Crippen molar-refractivity contribution < 1.29 is 9.47 Å². The van der Waals surface area contributed by atoms with Crippen LogP contribution in [0.2, 0.25) is 0 Å². The van der Waals surface area contributed by atoms with Crippen LogP contribution in [0.5, 0.6) is 11.5 Å². The van der Waals surface area contributed by atoms with E-state index in [0.717, 1.165) is 37.2 Å². The van der Waals surface area contributed by atoms with Crippen LogP contribution in [0.4, 0.5) is 0 Å². The first-order valence-corrected chi connectivity index (χ1v) is 19.0. The van der Waals surface area contributed by atoms with Gasteiger partial charge in [-0.15, -0.1) is 0 Å². The molecule has 0 atom stereocenters. The van der Waals surface area contributed by atoms with Crippen LogP contribution in [-0.2, 0) is 47.3 Å². The minimum absolute atomic E-state index is 0.00901. The van der Waals surface area contributed by atoms with Crippen LogP contribution in [0.25, 0.3) is 0 Å². The Hall–Kier alpha value is -3.52. The Balaban J connectivity index is 1.88. The highest BCUT2D eigenvalue weighted by atomic mass is 16.5. The maximum absolute atomic E-state index is 6.63. The van der Waals surface area contributed by atoms with Crippen molar-refractivity contribution in [3.05, 3.63) is 127 Å². The summed E-state index contributed by atoms with van der Waals surface area (Å²) in [6.07, 6.45) is 3.29. The molecule has 0 unspecified atom stereocenters. The molecule has 2 heteroatoms. The smallest absolute Gasteiger partial charge is 0.126 e. The molecule has 0 saturated carbocycles. The molecule has 0 N–H and O–H groups in total. The molecule has 1 aliphatic carbocycles. The molecular formula is C48H64O2. The van der Waals surface area contributed by atoms with Crippen molar-refractivity contribution >= 4 is 0 Å². The minimum atomic E-state index is 0.00901. The summed E-state index contributed by atoms with van der Waals surface area (Å²) in [5.74, 6) is 2.10. The first-order valence-electron chi connectivity index (χ1n) is 19.0. The fourth-order valence-corrected chi connectivity index (χ4v) is 7.24. The Morgan fingerprint density at radius 1 is 0.360 bits per heavy atom. The third-order valence-electron chi connectivity index (χ3n) is 10.2. The van der Waals surface area contributed by atoms with Crippen molar-refractivity contribution in [2.45, 2.75) is 144 Å². The van der Waals surface area contributed by atoms with Gasteiger partial charge in [-0.05, 0) is 102 Å². The molecule has 5 rings (SSSR count). The van der Waals surface area contributed by atoms with Crippen LogP contribution in [-0.4, -0.2) is 13.2 Å². The number of hydrogen-bond acceptors (Lipinski definition) is 2. The van der Waals surface area contributed by atoms with Crippen molar-refractivity contribution in [3.63, 3.8) is 0 Å². The lowest BCUT2D eigenvalue weighted by Gasteiger charge is -2.27. The van der Waals surface area contributed by atoms with Gasteiger partial charge in [0.25, 0.3) is 0 Å². The van der Waals surface area contributed by atoms with Gasteiger partial charge >= 0.3 is 0 Å². The highest BCUT2D eigenvalue weighted by molar-refractivity contribution is 5.55. The van der Waals surface area contributed by atoms with Gasteiger partial charge in [-0.1, -0.05) is 144 Å². The molecule has 0 aliphatic heterocycles. The quantitative estimate of drug-likeness (QED) is 0.189. The zero-order valence-electron chi connectivity index (χ0n) is 33.8. The summed E-state index contributed by atoms with van der Waals surface area (Å²) in [6, 6.07) is 24.3. The lowest BCUT2D eigenvalue weighted by Crippen LogP contribution is -2.16. The Labute approximate surface area is 305 Å². The second kappa shape index (κ2) is 13.9. The summed E-state index contributed by atoms with van der Waals surface area (Å²) in [5, 5.41) is 0. The predicted octanol–water partition coefficient (Wildman–Crippen LogP) is 12.4. The van der Waals surface area contributed by atoms with E-state index in [9.17, 15) is 0 Å². The van der Waals surface area contributed by atoms with Gasteiger partial charge in [-0.2, -0.15) is 0 Å². The van der Waals surface area contributed by atoms with E-state index in [-0.39, 0.29) is 21.7 Å². The van der Waals surface area contributed by atoms with Crippen LogP contribution < -0.4 is 9.47 Å². The Morgan fingerprint density at radius 3 is 0.780 bits per heavy atom. The molecule has 0 spiro atoms. The number of benzene rings is 4. The molecule has 50 heavy (non-hydrogen) atoms. The van der Waals surface area contributed by atoms with Crippen LogP contribution >= 0.6 is 0 Å². The number of rotatable bonds is 4. The maximum Gasteiger partial charge on any atom is 0.126 e. The van der Waals surface area contributed by atoms with Crippen LogP contribution in [0.3, 0.4) is 0 Å². The largest absolute Gasteiger partial charge is 0.493 e. The monoisotopic (exact) mass is 672 g/mol.